The number of imidazole rings is 1. The summed E-state index contributed by atoms with van der Waals surface area (Å²) in [6.07, 6.45) is 2.35. The van der Waals surface area contributed by atoms with E-state index in [2.05, 4.69) is 19.5 Å². The second kappa shape index (κ2) is 5.68. The van der Waals surface area contributed by atoms with Crippen LogP contribution in [0.2, 0.25) is 5.02 Å². The van der Waals surface area contributed by atoms with Gasteiger partial charge in [0, 0.05) is 23.4 Å². The van der Waals surface area contributed by atoms with Gasteiger partial charge >= 0.3 is 0 Å². The second-order valence-electron chi connectivity index (χ2n) is 4.41. The fourth-order valence-corrected chi connectivity index (χ4v) is 3.18. The molecule has 0 saturated carbocycles. The van der Waals surface area contributed by atoms with E-state index in [-0.39, 0.29) is 0 Å². The van der Waals surface area contributed by atoms with Crippen LogP contribution in [0.4, 0.5) is 0 Å². The summed E-state index contributed by atoms with van der Waals surface area (Å²) in [6.45, 7) is 2.73. The Morgan fingerprint density at radius 3 is 2.90 bits per heavy atom. The van der Waals surface area contributed by atoms with Gasteiger partial charge in [-0.25, -0.2) is 15.0 Å². The van der Waals surface area contributed by atoms with E-state index in [4.69, 9.17) is 23.2 Å². The van der Waals surface area contributed by atoms with Crippen LogP contribution >= 0.6 is 34.5 Å². The first-order chi connectivity index (χ1) is 9.69. The van der Waals surface area contributed by atoms with Gasteiger partial charge in [0.2, 0.25) is 0 Å². The zero-order valence-corrected chi connectivity index (χ0v) is 13.1. The van der Waals surface area contributed by atoms with E-state index >= 15 is 0 Å². The predicted molar refractivity (Wildman–Crippen MR) is 82.9 cm³/mol. The molecule has 0 amide bonds. The van der Waals surface area contributed by atoms with Gasteiger partial charge in [-0.15, -0.1) is 22.9 Å². The largest absolute Gasteiger partial charge is 0.307 e. The molecule has 20 heavy (non-hydrogen) atoms. The first kappa shape index (κ1) is 13.8. The smallest absolute Gasteiger partial charge is 0.160 e. The molecule has 3 heterocycles. The van der Waals surface area contributed by atoms with Crippen LogP contribution in [0.1, 0.15) is 16.4 Å². The van der Waals surface area contributed by atoms with Crippen molar-refractivity contribution in [3.63, 3.8) is 0 Å². The van der Waals surface area contributed by atoms with Crippen LogP contribution in [0.5, 0.6) is 0 Å². The van der Waals surface area contributed by atoms with Gasteiger partial charge in [-0.2, -0.15) is 0 Å². The Kier molecular flexibility index (Phi) is 3.92. The van der Waals surface area contributed by atoms with Crippen molar-refractivity contribution in [2.75, 3.05) is 5.88 Å². The lowest BCUT2D eigenvalue weighted by atomic mass is 10.3. The Bertz CT molecular complexity index is 750. The van der Waals surface area contributed by atoms with Crippen LogP contribution in [0.3, 0.4) is 0 Å². The van der Waals surface area contributed by atoms with E-state index in [0.29, 0.717) is 23.9 Å². The van der Waals surface area contributed by atoms with Crippen LogP contribution in [-0.2, 0) is 13.0 Å². The van der Waals surface area contributed by atoms with Gasteiger partial charge in [0.15, 0.2) is 5.65 Å². The molecule has 0 N–H and O–H groups in total. The molecule has 0 atom stereocenters. The van der Waals surface area contributed by atoms with Crippen LogP contribution in [0, 0.1) is 6.92 Å². The van der Waals surface area contributed by atoms with E-state index < -0.39 is 0 Å². The Morgan fingerprint density at radius 2 is 2.20 bits per heavy atom. The summed E-state index contributed by atoms with van der Waals surface area (Å²) in [5, 5.41) is 0.591. The molecule has 3 rings (SSSR count). The van der Waals surface area contributed by atoms with E-state index in [1.54, 1.807) is 17.5 Å². The number of hydrogen-bond acceptors (Lipinski definition) is 4. The molecule has 0 aromatic carbocycles. The van der Waals surface area contributed by atoms with Crippen molar-refractivity contribution in [2.24, 2.45) is 0 Å². The zero-order chi connectivity index (χ0) is 14.1. The molecular formula is C13H12Cl2N4S. The third kappa shape index (κ3) is 2.53. The average molecular weight is 327 g/mol. The number of aromatic nitrogens is 4. The fraction of sp³-hybridized carbons (Fsp3) is 0.308. The van der Waals surface area contributed by atoms with Crippen molar-refractivity contribution in [2.45, 2.75) is 19.9 Å². The van der Waals surface area contributed by atoms with Crippen molar-refractivity contribution in [1.29, 1.82) is 0 Å². The number of pyridine rings is 1. The summed E-state index contributed by atoms with van der Waals surface area (Å²) in [6, 6.07) is 1.83. The number of rotatable bonds is 4. The highest BCUT2D eigenvalue weighted by Gasteiger charge is 2.14. The Morgan fingerprint density at radius 1 is 1.35 bits per heavy atom. The van der Waals surface area contributed by atoms with E-state index in [0.717, 1.165) is 22.7 Å². The SMILES string of the molecule is Cc1ncsc1Cn1c(CCCl)nc2cc(Cl)cnc21. The summed E-state index contributed by atoms with van der Waals surface area (Å²) in [7, 11) is 0. The van der Waals surface area contributed by atoms with Gasteiger partial charge in [-0.3, -0.25) is 0 Å². The summed E-state index contributed by atoms with van der Waals surface area (Å²) in [5.74, 6) is 1.45. The van der Waals surface area contributed by atoms with Gasteiger partial charge in [0.25, 0.3) is 0 Å². The molecule has 0 aliphatic rings. The molecule has 0 saturated heterocycles. The molecule has 3 aromatic heterocycles. The molecule has 0 radical (unpaired) electrons. The molecule has 0 bridgehead atoms. The minimum atomic E-state index is 0.527. The molecular weight excluding hydrogens is 315 g/mol. The van der Waals surface area contributed by atoms with Gasteiger partial charge in [-0.1, -0.05) is 11.6 Å². The summed E-state index contributed by atoms with van der Waals surface area (Å²) in [4.78, 5) is 14.5. The minimum absolute atomic E-state index is 0.527. The maximum atomic E-state index is 5.98. The number of nitrogens with zero attached hydrogens (tertiary/aromatic N) is 4. The lowest BCUT2D eigenvalue weighted by molar-refractivity contribution is 0.751. The first-order valence-electron chi connectivity index (χ1n) is 6.14. The van der Waals surface area contributed by atoms with Crippen LogP contribution in [-0.4, -0.2) is 25.4 Å². The molecule has 3 aromatic rings. The molecule has 0 unspecified atom stereocenters. The number of alkyl halides is 1. The van der Waals surface area contributed by atoms with Crippen molar-refractivity contribution < 1.29 is 0 Å². The molecule has 0 aliphatic heterocycles. The standard InChI is InChI=1S/C13H12Cl2N4S/c1-8-11(20-7-17-8)6-19-12(2-3-14)18-10-4-9(15)5-16-13(10)19/h4-5,7H,2-3,6H2,1H3. The van der Waals surface area contributed by atoms with Gasteiger partial charge < -0.3 is 4.57 Å². The lowest BCUT2D eigenvalue weighted by Gasteiger charge is -2.06. The third-order valence-corrected chi connectivity index (χ3v) is 4.41. The summed E-state index contributed by atoms with van der Waals surface area (Å²) in [5.41, 5.74) is 4.54. The van der Waals surface area contributed by atoms with E-state index in [1.165, 1.54) is 4.88 Å². The molecule has 0 aliphatic carbocycles. The van der Waals surface area contributed by atoms with Crippen LogP contribution in [0.25, 0.3) is 11.2 Å². The number of halogens is 2. The normalized spacial score (nSPS) is 11.3. The third-order valence-electron chi connectivity index (χ3n) is 3.10. The van der Waals surface area contributed by atoms with Crippen LogP contribution in [0.15, 0.2) is 17.8 Å². The molecule has 4 nitrogen and oxygen atoms in total. The summed E-state index contributed by atoms with van der Waals surface area (Å²) < 4.78 is 2.09. The number of aryl methyl sites for hydroxylation is 2. The van der Waals surface area contributed by atoms with Gasteiger partial charge in [-0.05, 0) is 13.0 Å². The Hall–Kier alpha value is -1.17. The molecule has 0 fully saturated rings. The van der Waals surface area contributed by atoms with Gasteiger partial charge in [0.1, 0.15) is 11.3 Å². The Balaban J connectivity index is 2.11. The zero-order valence-electron chi connectivity index (χ0n) is 10.8. The minimum Gasteiger partial charge on any atom is -0.307 e. The highest BCUT2D eigenvalue weighted by atomic mass is 35.5. The van der Waals surface area contributed by atoms with Gasteiger partial charge in [0.05, 0.1) is 22.8 Å². The predicted octanol–water partition coefficient (Wildman–Crippen LogP) is 3.68. The highest BCUT2D eigenvalue weighted by molar-refractivity contribution is 7.09. The second-order valence-corrected chi connectivity index (χ2v) is 6.16. The van der Waals surface area contributed by atoms with E-state index in [1.807, 2.05) is 18.5 Å². The number of thiazole rings is 1. The highest BCUT2D eigenvalue weighted by Crippen LogP contribution is 2.22. The fourth-order valence-electron chi connectivity index (χ4n) is 2.10. The van der Waals surface area contributed by atoms with Crippen molar-refractivity contribution in [3.05, 3.63) is 39.2 Å². The monoisotopic (exact) mass is 326 g/mol. The maximum Gasteiger partial charge on any atom is 0.160 e. The molecule has 7 heteroatoms. The Labute approximate surface area is 130 Å². The quantitative estimate of drug-likeness (QED) is 0.687. The number of hydrogen-bond donors (Lipinski definition) is 0. The van der Waals surface area contributed by atoms with Crippen molar-refractivity contribution in [1.82, 2.24) is 19.5 Å². The van der Waals surface area contributed by atoms with Crippen LogP contribution < -0.4 is 0 Å². The van der Waals surface area contributed by atoms with Crippen molar-refractivity contribution >= 4 is 45.7 Å². The summed E-state index contributed by atoms with van der Waals surface area (Å²) >= 11 is 13.5. The first-order valence-corrected chi connectivity index (χ1v) is 7.94. The lowest BCUT2D eigenvalue weighted by Crippen LogP contribution is -2.06. The maximum absolute atomic E-state index is 5.98. The van der Waals surface area contributed by atoms with E-state index in [9.17, 15) is 0 Å². The molecule has 0 spiro atoms. The average Bonchev–Trinajstić information content (AvgIpc) is 2.96. The topological polar surface area (TPSA) is 43.6 Å². The van der Waals surface area contributed by atoms with Crippen molar-refractivity contribution in [3.8, 4) is 0 Å². The number of fused-ring (bicyclic) bond motifs is 1. The molecule has 104 valence electrons.